The van der Waals surface area contributed by atoms with Crippen molar-refractivity contribution in [2.24, 2.45) is 0 Å². The molecule has 1 fully saturated rings. The Hall–Kier alpha value is -3.53. The molecule has 0 unspecified atom stereocenters. The van der Waals surface area contributed by atoms with Crippen LogP contribution >= 0.6 is 11.3 Å². The highest BCUT2D eigenvalue weighted by atomic mass is 32.2. The van der Waals surface area contributed by atoms with Crippen LogP contribution in [0.5, 0.6) is 17.2 Å². The largest absolute Gasteiger partial charge is 0.493 e. The minimum absolute atomic E-state index is 0.131. The van der Waals surface area contributed by atoms with Crippen LogP contribution in [0.15, 0.2) is 88.5 Å². The lowest BCUT2D eigenvalue weighted by Crippen LogP contribution is -2.45. The lowest BCUT2D eigenvalue weighted by atomic mass is 10.1. The molecule has 4 aromatic rings. The molecule has 0 spiro atoms. The van der Waals surface area contributed by atoms with E-state index in [1.54, 1.807) is 62.0 Å². The molecule has 0 N–H and O–H groups in total. The number of hydrogen-bond acceptors (Lipinski definition) is 8. The summed E-state index contributed by atoms with van der Waals surface area (Å²) in [4.78, 5) is 4.84. The van der Waals surface area contributed by atoms with E-state index in [1.165, 1.54) is 5.56 Å². The third-order valence-electron chi connectivity index (χ3n) is 6.63. The highest BCUT2D eigenvalue weighted by Crippen LogP contribution is 2.29. The van der Waals surface area contributed by atoms with E-state index in [0.717, 1.165) is 61.0 Å². The molecule has 198 valence electrons. The van der Waals surface area contributed by atoms with Crippen LogP contribution in [0, 0.1) is 0 Å². The summed E-state index contributed by atoms with van der Waals surface area (Å²) in [5.74, 6) is 1.76. The van der Waals surface area contributed by atoms with Gasteiger partial charge >= 0.3 is 10.1 Å². The van der Waals surface area contributed by atoms with Gasteiger partial charge in [0, 0.05) is 38.4 Å². The van der Waals surface area contributed by atoms with Crippen LogP contribution in [0.25, 0.3) is 11.1 Å². The van der Waals surface area contributed by atoms with Gasteiger partial charge in [0.1, 0.15) is 10.6 Å². The molecule has 7 nitrogen and oxygen atoms in total. The van der Waals surface area contributed by atoms with Crippen molar-refractivity contribution in [1.82, 2.24) is 4.90 Å². The van der Waals surface area contributed by atoms with Crippen molar-refractivity contribution in [3.63, 3.8) is 0 Å². The first kappa shape index (κ1) is 26.1. The summed E-state index contributed by atoms with van der Waals surface area (Å²) in [5.41, 5.74) is 4.26. The number of rotatable bonds is 9. The van der Waals surface area contributed by atoms with Crippen LogP contribution in [0.3, 0.4) is 0 Å². The van der Waals surface area contributed by atoms with Crippen molar-refractivity contribution in [1.29, 1.82) is 0 Å². The van der Waals surface area contributed by atoms with Gasteiger partial charge in [0.15, 0.2) is 11.5 Å². The zero-order valence-corrected chi connectivity index (χ0v) is 23.0. The fraction of sp³-hybridized carbons (Fsp3) is 0.241. The maximum absolute atomic E-state index is 12.8. The van der Waals surface area contributed by atoms with Crippen molar-refractivity contribution in [2.75, 3.05) is 45.3 Å². The molecule has 1 aromatic heterocycles. The lowest BCUT2D eigenvalue weighted by molar-refractivity contribution is 0.249. The topological polar surface area (TPSA) is 68.3 Å². The van der Waals surface area contributed by atoms with Crippen LogP contribution in [0.2, 0.25) is 0 Å². The van der Waals surface area contributed by atoms with E-state index < -0.39 is 10.1 Å². The van der Waals surface area contributed by atoms with Gasteiger partial charge in [0.2, 0.25) is 0 Å². The Morgan fingerprint density at radius 2 is 1.50 bits per heavy atom. The predicted molar refractivity (Wildman–Crippen MR) is 151 cm³/mol. The minimum Gasteiger partial charge on any atom is -0.493 e. The molecule has 0 amide bonds. The second-order valence-corrected chi connectivity index (χ2v) is 11.3. The summed E-state index contributed by atoms with van der Waals surface area (Å²) in [6.45, 7) is 4.43. The predicted octanol–water partition coefficient (Wildman–Crippen LogP) is 5.52. The van der Waals surface area contributed by atoms with Crippen molar-refractivity contribution in [3.8, 4) is 28.4 Å². The molecular weight excluding hydrogens is 520 g/mol. The summed E-state index contributed by atoms with van der Waals surface area (Å²) in [6.07, 6.45) is 0. The van der Waals surface area contributed by atoms with Gasteiger partial charge in [-0.2, -0.15) is 19.8 Å². The third-order valence-corrected chi connectivity index (χ3v) is 8.58. The first-order valence-electron chi connectivity index (χ1n) is 12.3. The van der Waals surface area contributed by atoms with Crippen LogP contribution in [0.1, 0.15) is 5.56 Å². The van der Waals surface area contributed by atoms with Crippen LogP contribution in [-0.2, 0) is 16.7 Å². The summed E-state index contributed by atoms with van der Waals surface area (Å²) in [6, 6.07) is 22.0. The van der Waals surface area contributed by atoms with E-state index in [-0.39, 0.29) is 4.90 Å². The van der Waals surface area contributed by atoms with Gasteiger partial charge in [-0.25, -0.2) is 0 Å². The summed E-state index contributed by atoms with van der Waals surface area (Å²) < 4.78 is 41.8. The van der Waals surface area contributed by atoms with Crippen molar-refractivity contribution >= 4 is 27.1 Å². The Balaban J connectivity index is 1.16. The molecule has 0 radical (unpaired) electrons. The lowest BCUT2D eigenvalue weighted by Gasteiger charge is -2.36. The number of anilines is 1. The van der Waals surface area contributed by atoms with Gasteiger partial charge in [-0.3, -0.25) is 4.90 Å². The molecule has 0 aliphatic carbocycles. The molecule has 0 atom stereocenters. The number of nitrogens with zero attached hydrogens (tertiary/aromatic N) is 2. The monoisotopic (exact) mass is 550 g/mol. The standard InChI is InChI=1S/C29H30N2O5S2/c1-34-28-12-3-22(19-29(28)35-2)20-30-14-16-31(17-15-30)25-6-8-26(9-7-25)36-38(32,33)27-10-4-23(5-11-27)24-13-18-37-21-24/h3-13,18-19,21H,14-17,20H2,1-2H3. The van der Waals surface area contributed by atoms with Gasteiger partial charge in [-0.05, 0) is 82.0 Å². The highest BCUT2D eigenvalue weighted by molar-refractivity contribution is 7.87. The highest BCUT2D eigenvalue weighted by Gasteiger charge is 2.20. The van der Waals surface area contributed by atoms with E-state index >= 15 is 0 Å². The molecule has 2 heterocycles. The van der Waals surface area contributed by atoms with Gasteiger partial charge < -0.3 is 18.6 Å². The minimum atomic E-state index is -3.92. The van der Waals surface area contributed by atoms with Gasteiger partial charge in [-0.15, -0.1) is 0 Å². The van der Waals surface area contributed by atoms with Crippen molar-refractivity contribution in [3.05, 3.63) is 89.1 Å². The van der Waals surface area contributed by atoms with Crippen molar-refractivity contribution < 1.29 is 22.1 Å². The molecular formula is C29H30N2O5S2. The number of hydrogen-bond donors (Lipinski definition) is 0. The maximum Gasteiger partial charge on any atom is 0.339 e. The normalized spacial score (nSPS) is 14.3. The molecule has 38 heavy (non-hydrogen) atoms. The molecule has 0 bridgehead atoms. The third kappa shape index (κ3) is 5.96. The fourth-order valence-electron chi connectivity index (χ4n) is 4.53. The smallest absolute Gasteiger partial charge is 0.339 e. The van der Waals surface area contributed by atoms with E-state index in [9.17, 15) is 8.42 Å². The van der Waals surface area contributed by atoms with E-state index in [0.29, 0.717) is 5.75 Å². The van der Waals surface area contributed by atoms with Crippen molar-refractivity contribution in [2.45, 2.75) is 11.4 Å². The van der Waals surface area contributed by atoms with Crippen LogP contribution < -0.4 is 18.6 Å². The zero-order valence-electron chi connectivity index (χ0n) is 21.4. The summed E-state index contributed by atoms with van der Waals surface area (Å²) in [5, 5.41) is 4.02. The fourth-order valence-corrected chi connectivity index (χ4v) is 6.13. The Labute approximate surface area is 227 Å². The molecule has 5 rings (SSSR count). The Bertz CT molecular complexity index is 1450. The van der Waals surface area contributed by atoms with Gasteiger partial charge in [-0.1, -0.05) is 18.2 Å². The molecule has 9 heteroatoms. The van der Waals surface area contributed by atoms with Gasteiger partial charge in [0.25, 0.3) is 0 Å². The Kier molecular flexibility index (Phi) is 7.87. The Morgan fingerprint density at radius 1 is 0.789 bits per heavy atom. The average Bonchev–Trinajstić information content (AvgIpc) is 3.49. The Morgan fingerprint density at radius 3 is 2.13 bits per heavy atom. The maximum atomic E-state index is 12.8. The first-order valence-corrected chi connectivity index (χ1v) is 14.7. The summed E-state index contributed by atoms with van der Waals surface area (Å²) in [7, 11) is -0.631. The number of thiophene rings is 1. The zero-order chi connectivity index (χ0) is 26.5. The molecule has 1 aliphatic rings. The number of piperazine rings is 1. The summed E-state index contributed by atoms with van der Waals surface area (Å²) >= 11 is 1.60. The first-order chi connectivity index (χ1) is 18.4. The number of benzene rings is 3. The molecule has 3 aromatic carbocycles. The number of ether oxygens (including phenoxy) is 2. The molecule has 0 saturated carbocycles. The van der Waals surface area contributed by atoms with E-state index in [1.807, 2.05) is 41.1 Å². The number of methoxy groups -OCH3 is 2. The second kappa shape index (κ2) is 11.5. The quantitative estimate of drug-likeness (QED) is 0.254. The average molecular weight is 551 g/mol. The molecule has 1 aliphatic heterocycles. The molecule has 1 saturated heterocycles. The van der Waals surface area contributed by atoms with E-state index in [2.05, 4.69) is 15.9 Å². The van der Waals surface area contributed by atoms with Crippen LogP contribution in [-0.4, -0.2) is 53.7 Å². The SMILES string of the molecule is COc1ccc(CN2CCN(c3ccc(OS(=O)(=O)c4ccc(-c5ccsc5)cc4)cc3)CC2)cc1OC. The van der Waals surface area contributed by atoms with E-state index in [4.69, 9.17) is 13.7 Å². The van der Waals surface area contributed by atoms with Crippen LogP contribution in [0.4, 0.5) is 5.69 Å². The second-order valence-electron chi connectivity index (χ2n) is 9.02. The van der Waals surface area contributed by atoms with Gasteiger partial charge in [0.05, 0.1) is 14.2 Å².